The third-order valence-electron chi connectivity index (χ3n) is 4.30. The number of carbonyl (C=O) groups excluding carboxylic acids is 2. The van der Waals surface area contributed by atoms with Crippen molar-refractivity contribution in [2.24, 2.45) is 5.41 Å². The average Bonchev–Trinajstić information content (AvgIpc) is 2.77. The predicted octanol–water partition coefficient (Wildman–Crippen LogP) is 3.70. The number of ether oxygens (including phenoxy) is 3. The smallest absolute Gasteiger partial charge is 0.323 e. The molecular weight excluding hydrogens is 362 g/mol. The van der Waals surface area contributed by atoms with Gasteiger partial charge in [-0.1, -0.05) is 0 Å². The summed E-state index contributed by atoms with van der Waals surface area (Å²) in [6.45, 7) is 3.89. The molecule has 8 nitrogen and oxygen atoms in total. The van der Waals surface area contributed by atoms with E-state index < -0.39 is 11.4 Å². The first kappa shape index (κ1) is 19.3. The number of benzene rings is 2. The second-order valence-corrected chi connectivity index (χ2v) is 7.02. The Kier molecular flexibility index (Phi) is 5.30. The lowest BCUT2D eigenvalue weighted by atomic mass is 9.94. The highest BCUT2D eigenvalue weighted by molar-refractivity contribution is 6.02. The van der Waals surface area contributed by atoms with Crippen LogP contribution in [0.2, 0.25) is 0 Å². The monoisotopic (exact) mass is 385 g/mol. The van der Waals surface area contributed by atoms with Gasteiger partial charge in [0.1, 0.15) is 23.9 Å². The minimum Gasteiger partial charge on any atom is -0.497 e. The SMILES string of the molecule is COc1cc(NC(=O)Nc2ccc3c(c2)NC(=O)C(C)(C)CO3)cc(OC)c1. The van der Waals surface area contributed by atoms with E-state index >= 15 is 0 Å². The van der Waals surface area contributed by atoms with Crippen LogP contribution in [-0.4, -0.2) is 32.8 Å². The molecule has 1 aliphatic rings. The van der Waals surface area contributed by atoms with Gasteiger partial charge in [-0.05, 0) is 32.0 Å². The second kappa shape index (κ2) is 7.67. The molecule has 0 atom stereocenters. The Balaban J connectivity index is 1.73. The number of nitrogens with one attached hydrogen (secondary N) is 3. The summed E-state index contributed by atoms with van der Waals surface area (Å²) in [4.78, 5) is 24.6. The van der Waals surface area contributed by atoms with Crippen LogP contribution < -0.4 is 30.2 Å². The molecule has 28 heavy (non-hydrogen) atoms. The summed E-state index contributed by atoms with van der Waals surface area (Å²) in [5.74, 6) is 1.53. The van der Waals surface area contributed by atoms with Crippen molar-refractivity contribution in [3.05, 3.63) is 36.4 Å². The van der Waals surface area contributed by atoms with Gasteiger partial charge in [0.25, 0.3) is 0 Å². The Bertz CT molecular complexity index is 888. The first-order valence-corrected chi connectivity index (χ1v) is 8.70. The first-order valence-electron chi connectivity index (χ1n) is 8.70. The summed E-state index contributed by atoms with van der Waals surface area (Å²) < 4.78 is 16.1. The Morgan fingerprint density at radius 3 is 2.32 bits per heavy atom. The maximum Gasteiger partial charge on any atom is 0.323 e. The molecule has 3 N–H and O–H groups in total. The van der Waals surface area contributed by atoms with Gasteiger partial charge in [0.15, 0.2) is 0 Å². The van der Waals surface area contributed by atoms with Gasteiger partial charge in [-0.25, -0.2) is 4.79 Å². The normalized spacial score (nSPS) is 14.6. The van der Waals surface area contributed by atoms with Crippen LogP contribution in [0.5, 0.6) is 17.2 Å². The number of amides is 3. The molecule has 0 unspecified atom stereocenters. The number of anilines is 3. The summed E-state index contributed by atoms with van der Waals surface area (Å²) >= 11 is 0. The molecule has 0 radical (unpaired) electrons. The molecule has 0 bridgehead atoms. The Labute approximate surface area is 163 Å². The van der Waals surface area contributed by atoms with Crippen LogP contribution in [0.4, 0.5) is 21.9 Å². The van der Waals surface area contributed by atoms with E-state index in [1.165, 1.54) is 14.2 Å². The van der Waals surface area contributed by atoms with Gasteiger partial charge in [0, 0.05) is 29.6 Å². The summed E-state index contributed by atoms with van der Waals surface area (Å²) in [6.07, 6.45) is 0. The van der Waals surface area contributed by atoms with Gasteiger partial charge in [-0.2, -0.15) is 0 Å². The molecule has 3 rings (SSSR count). The lowest BCUT2D eigenvalue weighted by Crippen LogP contribution is -2.33. The fourth-order valence-corrected chi connectivity index (χ4v) is 2.62. The molecule has 1 aliphatic heterocycles. The molecule has 0 aromatic heterocycles. The zero-order valence-electron chi connectivity index (χ0n) is 16.2. The van der Waals surface area contributed by atoms with Gasteiger partial charge in [-0.3, -0.25) is 4.79 Å². The summed E-state index contributed by atoms with van der Waals surface area (Å²) in [5, 5.41) is 8.30. The zero-order valence-corrected chi connectivity index (χ0v) is 16.2. The maximum absolute atomic E-state index is 12.4. The van der Waals surface area contributed by atoms with Gasteiger partial charge >= 0.3 is 6.03 Å². The van der Waals surface area contributed by atoms with Crippen LogP contribution in [-0.2, 0) is 4.79 Å². The minimum atomic E-state index is -0.643. The van der Waals surface area contributed by atoms with Gasteiger partial charge in [0.05, 0.1) is 25.3 Å². The quantitative estimate of drug-likeness (QED) is 0.745. The van der Waals surface area contributed by atoms with Crippen molar-refractivity contribution in [2.75, 3.05) is 36.8 Å². The van der Waals surface area contributed by atoms with Crippen LogP contribution in [0.25, 0.3) is 0 Å². The molecule has 3 amide bonds. The average molecular weight is 385 g/mol. The fraction of sp³-hybridized carbons (Fsp3) is 0.300. The fourth-order valence-electron chi connectivity index (χ4n) is 2.62. The number of carbonyl (C=O) groups is 2. The number of hydrogen-bond acceptors (Lipinski definition) is 5. The van der Waals surface area contributed by atoms with Crippen molar-refractivity contribution in [1.82, 2.24) is 0 Å². The van der Waals surface area contributed by atoms with Crippen LogP contribution in [0.3, 0.4) is 0 Å². The van der Waals surface area contributed by atoms with Crippen molar-refractivity contribution in [2.45, 2.75) is 13.8 Å². The van der Waals surface area contributed by atoms with Crippen LogP contribution >= 0.6 is 0 Å². The lowest BCUT2D eigenvalue weighted by Gasteiger charge is -2.18. The molecule has 8 heteroatoms. The molecule has 0 saturated heterocycles. The van der Waals surface area contributed by atoms with E-state index in [1.54, 1.807) is 36.4 Å². The van der Waals surface area contributed by atoms with Crippen molar-refractivity contribution >= 4 is 29.0 Å². The number of urea groups is 1. The van der Waals surface area contributed by atoms with E-state index in [0.29, 0.717) is 34.3 Å². The highest BCUT2D eigenvalue weighted by Crippen LogP contribution is 2.34. The van der Waals surface area contributed by atoms with Crippen molar-refractivity contribution < 1.29 is 23.8 Å². The molecule has 148 valence electrons. The molecule has 0 saturated carbocycles. The number of fused-ring (bicyclic) bond motifs is 1. The summed E-state index contributed by atoms with van der Waals surface area (Å²) in [7, 11) is 3.07. The summed E-state index contributed by atoms with van der Waals surface area (Å²) in [6, 6.07) is 9.68. The standard InChI is InChI=1S/C20H23N3O5/c1-20(2)11-28-17-6-5-12(9-16(17)23-18(20)24)21-19(25)22-13-7-14(26-3)10-15(8-13)27-4/h5-10H,11H2,1-4H3,(H,23,24)(H2,21,22,25). The molecule has 2 aromatic carbocycles. The Morgan fingerprint density at radius 1 is 1.04 bits per heavy atom. The van der Waals surface area contributed by atoms with Crippen molar-refractivity contribution in [3.63, 3.8) is 0 Å². The van der Waals surface area contributed by atoms with Crippen LogP contribution in [0, 0.1) is 5.41 Å². The third-order valence-corrected chi connectivity index (χ3v) is 4.30. The number of rotatable bonds is 4. The topological polar surface area (TPSA) is 97.9 Å². The molecular formula is C20H23N3O5. The van der Waals surface area contributed by atoms with Gasteiger partial charge in [-0.15, -0.1) is 0 Å². The van der Waals surface area contributed by atoms with E-state index in [2.05, 4.69) is 16.0 Å². The second-order valence-electron chi connectivity index (χ2n) is 7.02. The Hall–Kier alpha value is -3.42. The van der Waals surface area contributed by atoms with Crippen LogP contribution in [0.15, 0.2) is 36.4 Å². The lowest BCUT2D eigenvalue weighted by molar-refractivity contribution is -0.124. The van der Waals surface area contributed by atoms with E-state index in [-0.39, 0.29) is 12.5 Å². The van der Waals surface area contributed by atoms with E-state index in [0.717, 1.165) is 0 Å². The first-order chi connectivity index (χ1) is 13.3. The third kappa shape index (κ3) is 4.28. The molecule has 0 spiro atoms. The van der Waals surface area contributed by atoms with Gasteiger partial charge in [0.2, 0.25) is 5.91 Å². The highest BCUT2D eigenvalue weighted by atomic mass is 16.5. The zero-order chi connectivity index (χ0) is 20.3. The number of hydrogen-bond donors (Lipinski definition) is 3. The summed E-state index contributed by atoms with van der Waals surface area (Å²) in [5.41, 5.74) is 0.892. The Morgan fingerprint density at radius 2 is 1.68 bits per heavy atom. The number of methoxy groups -OCH3 is 2. The van der Waals surface area contributed by atoms with Crippen molar-refractivity contribution in [1.29, 1.82) is 0 Å². The van der Waals surface area contributed by atoms with Gasteiger partial charge < -0.3 is 30.2 Å². The van der Waals surface area contributed by atoms with E-state index in [1.807, 2.05) is 13.8 Å². The van der Waals surface area contributed by atoms with Crippen LogP contribution in [0.1, 0.15) is 13.8 Å². The largest absolute Gasteiger partial charge is 0.497 e. The van der Waals surface area contributed by atoms with E-state index in [9.17, 15) is 9.59 Å². The van der Waals surface area contributed by atoms with E-state index in [4.69, 9.17) is 14.2 Å². The molecule has 2 aromatic rings. The highest BCUT2D eigenvalue weighted by Gasteiger charge is 2.32. The molecule has 1 heterocycles. The predicted molar refractivity (Wildman–Crippen MR) is 107 cm³/mol. The molecule has 0 aliphatic carbocycles. The van der Waals surface area contributed by atoms with Crippen molar-refractivity contribution in [3.8, 4) is 17.2 Å². The molecule has 0 fully saturated rings. The minimum absolute atomic E-state index is 0.142. The maximum atomic E-state index is 12.4.